The molecule has 0 bridgehead atoms. The minimum absolute atomic E-state index is 0.106. The third-order valence-corrected chi connectivity index (χ3v) is 5.52. The first-order valence-electron chi connectivity index (χ1n) is 8.67. The van der Waals surface area contributed by atoms with Crippen molar-refractivity contribution in [2.45, 2.75) is 18.2 Å². The molecule has 9 nitrogen and oxygen atoms in total. The minimum atomic E-state index is -4.17. The van der Waals surface area contributed by atoms with E-state index in [1.54, 1.807) is 9.80 Å². The highest BCUT2D eigenvalue weighted by molar-refractivity contribution is 7.87. The number of nitro benzene ring substituents is 1. The predicted molar refractivity (Wildman–Crippen MR) is 102 cm³/mol. The molecule has 1 heterocycles. The molecule has 0 radical (unpaired) electrons. The van der Waals surface area contributed by atoms with Crippen molar-refractivity contribution < 1.29 is 22.3 Å². The molecule has 1 fully saturated rings. The third-order valence-electron chi connectivity index (χ3n) is 4.26. The molecule has 0 saturated carbocycles. The van der Waals surface area contributed by atoms with Crippen LogP contribution < -0.4 is 9.08 Å². The highest BCUT2D eigenvalue weighted by atomic mass is 32.2. The monoisotopic (exact) mass is 405 g/mol. The van der Waals surface area contributed by atoms with Gasteiger partial charge in [-0.1, -0.05) is 13.0 Å². The first-order valence-corrected chi connectivity index (χ1v) is 10.1. The van der Waals surface area contributed by atoms with E-state index in [0.717, 1.165) is 12.5 Å². The second kappa shape index (κ2) is 7.85. The summed E-state index contributed by atoms with van der Waals surface area (Å²) in [6, 6.07) is 10.6. The summed E-state index contributed by atoms with van der Waals surface area (Å²) < 4.78 is 29.9. The average molecular weight is 405 g/mol. The SMILES string of the molecule is CCCN1CCN(c2ccc(S(=O)(=O)Oc3cccc([N+](=O)[O-])c3)cc2)C1=O. The van der Waals surface area contributed by atoms with Crippen molar-refractivity contribution in [1.82, 2.24) is 4.90 Å². The van der Waals surface area contributed by atoms with Crippen LogP contribution in [0.2, 0.25) is 0 Å². The summed E-state index contributed by atoms with van der Waals surface area (Å²) >= 11 is 0. The van der Waals surface area contributed by atoms with Crippen LogP contribution >= 0.6 is 0 Å². The van der Waals surface area contributed by atoms with E-state index in [1.165, 1.54) is 42.5 Å². The van der Waals surface area contributed by atoms with Crippen molar-refractivity contribution in [3.8, 4) is 5.75 Å². The Bertz CT molecular complexity index is 991. The Morgan fingerprint density at radius 3 is 2.50 bits per heavy atom. The fourth-order valence-corrected chi connectivity index (χ4v) is 3.84. The molecule has 2 aromatic carbocycles. The Balaban J connectivity index is 1.76. The molecule has 10 heteroatoms. The van der Waals surface area contributed by atoms with E-state index >= 15 is 0 Å². The molecule has 0 aliphatic carbocycles. The second-order valence-corrected chi connectivity index (χ2v) is 7.75. The number of amides is 2. The van der Waals surface area contributed by atoms with E-state index < -0.39 is 15.0 Å². The molecule has 0 aromatic heterocycles. The van der Waals surface area contributed by atoms with Crippen molar-refractivity contribution in [3.63, 3.8) is 0 Å². The third kappa shape index (κ3) is 4.06. The molecule has 1 aliphatic heterocycles. The van der Waals surface area contributed by atoms with E-state index in [2.05, 4.69) is 0 Å². The lowest BCUT2D eigenvalue weighted by molar-refractivity contribution is -0.384. The largest absolute Gasteiger partial charge is 0.379 e. The maximum absolute atomic E-state index is 12.4. The number of rotatable bonds is 7. The summed E-state index contributed by atoms with van der Waals surface area (Å²) in [4.78, 5) is 25.8. The van der Waals surface area contributed by atoms with Gasteiger partial charge in [0.2, 0.25) is 0 Å². The molecule has 0 atom stereocenters. The number of hydrogen-bond acceptors (Lipinski definition) is 6. The van der Waals surface area contributed by atoms with Crippen molar-refractivity contribution in [1.29, 1.82) is 0 Å². The standard InChI is InChI=1S/C18H19N3O6S/c1-2-10-19-11-12-20(18(19)22)14-6-8-17(9-7-14)28(25,26)27-16-5-3-4-15(13-16)21(23)24/h3-9,13H,2,10-12H2,1H3. The Kier molecular flexibility index (Phi) is 5.50. The van der Waals surface area contributed by atoms with Gasteiger partial charge in [-0.3, -0.25) is 15.0 Å². The van der Waals surface area contributed by atoms with Gasteiger partial charge >= 0.3 is 16.1 Å². The van der Waals surface area contributed by atoms with Gasteiger partial charge in [0, 0.05) is 31.4 Å². The van der Waals surface area contributed by atoms with Gasteiger partial charge in [-0.15, -0.1) is 0 Å². The number of hydrogen-bond donors (Lipinski definition) is 0. The van der Waals surface area contributed by atoms with Gasteiger partial charge in [-0.2, -0.15) is 8.42 Å². The van der Waals surface area contributed by atoms with Crippen molar-refractivity contribution in [2.24, 2.45) is 0 Å². The van der Waals surface area contributed by atoms with Gasteiger partial charge in [-0.25, -0.2) is 4.79 Å². The first-order chi connectivity index (χ1) is 13.3. The molecule has 0 spiro atoms. The van der Waals surface area contributed by atoms with Crippen LogP contribution in [0.1, 0.15) is 13.3 Å². The first kappa shape index (κ1) is 19.6. The van der Waals surface area contributed by atoms with Crippen molar-refractivity contribution in [2.75, 3.05) is 24.5 Å². The molecule has 1 saturated heterocycles. The van der Waals surface area contributed by atoms with E-state index in [4.69, 9.17) is 4.18 Å². The summed E-state index contributed by atoms with van der Waals surface area (Å²) in [6.07, 6.45) is 0.867. The lowest BCUT2D eigenvalue weighted by Gasteiger charge is -2.18. The predicted octanol–water partition coefficient (Wildman–Crippen LogP) is 3.01. The lowest BCUT2D eigenvalue weighted by atomic mass is 10.3. The fourth-order valence-electron chi connectivity index (χ4n) is 2.92. The molecule has 0 unspecified atom stereocenters. The average Bonchev–Trinajstić information content (AvgIpc) is 3.02. The lowest BCUT2D eigenvalue weighted by Crippen LogP contribution is -2.32. The molecule has 2 aromatic rings. The van der Waals surface area contributed by atoms with Crippen LogP contribution in [0.5, 0.6) is 5.75 Å². The van der Waals surface area contributed by atoms with Crippen LogP contribution in [0.15, 0.2) is 53.4 Å². The normalized spacial score (nSPS) is 14.4. The van der Waals surface area contributed by atoms with Gasteiger partial charge in [0.05, 0.1) is 11.0 Å². The Morgan fingerprint density at radius 2 is 1.86 bits per heavy atom. The van der Waals surface area contributed by atoms with Gasteiger partial charge in [-0.05, 0) is 36.8 Å². The van der Waals surface area contributed by atoms with Crippen molar-refractivity contribution >= 4 is 27.5 Å². The van der Waals surface area contributed by atoms with E-state index in [-0.39, 0.29) is 22.4 Å². The molecular weight excluding hydrogens is 386 g/mol. The number of anilines is 1. The Hall–Kier alpha value is -3.14. The van der Waals surface area contributed by atoms with Gasteiger partial charge in [0.1, 0.15) is 10.6 Å². The maximum Gasteiger partial charge on any atom is 0.339 e. The highest BCUT2D eigenvalue weighted by Gasteiger charge is 2.29. The molecule has 28 heavy (non-hydrogen) atoms. The van der Waals surface area contributed by atoms with Gasteiger partial charge < -0.3 is 9.08 Å². The van der Waals surface area contributed by atoms with Crippen molar-refractivity contribution in [3.05, 3.63) is 58.6 Å². The fraction of sp³-hybridized carbons (Fsp3) is 0.278. The summed E-state index contributed by atoms with van der Waals surface area (Å²) in [5, 5.41) is 10.8. The molecule has 148 valence electrons. The number of non-ortho nitro benzene ring substituents is 1. The van der Waals surface area contributed by atoms with E-state index in [9.17, 15) is 23.3 Å². The number of carbonyl (C=O) groups excluding carboxylic acids is 1. The smallest absolute Gasteiger partial charge is 0.339 e. The minimum Gasteiger partial charge on any atom is -0.379 e. The van der Waals surface area contributed by atoms with Crippen LogP contribution in [0.3, 0.4) is 0 Å². The van der Waals surface area contributed by atoms with Crippen LogP contribution in [0.4, 0.5) is 16.2 Å². The number of nitrogens with zero attached hydrogens (tertiary/aromatic N) is 3. The number of carbonyl (C=O) groups is 1. The molecular formula is C18H19N3O6S. The molecule has 3 rings (SSSR count). The number of benzene rings is 2. The topological polar surface area (TPSA) is 110 Å². The van der Waals surface area contributed by atoms with Crippen LogP contribution in [-0.2, 0) is 10.1 Å². The van der Waals surface area contributed by atoms with Crippen LogP contribution in [0.25, 0.3) is 0 Å². The van der Waals surface area contributed by atoms with Crippen LogP contribution in [-0.4, -0.2) is 43.9 Å². The van der Waals surface area contributed by atoms with Crippen LogP contribution in [0, 0.1) is 10.1 Å². The summed E-state index contributed by atoms with van der Waals surface area (Å²) in [6.45, 7) is 3.84. The number of nitro groups is 1. The number of urea groups is 1. The zero-order valence-corrected chi connectivity index (χ0v) is 16.0. The van der Waals surface area contributed by atoms with E-state index in [0.29, 0.717) is 25.3 Å². The van der Waals surface area contributed by atoms with Gasteiger partial charge in [0.25, 0.3) is 5.69 Å². The van der Waals surface area contributed by atoms with E-state index in [1.807, 2.05) is 6.92 Å². The quantitative estimate of drug-likeness (QED) is 0.398. The maximum atomic E-state index is 12.4. The molecule has 1 aliphatic rings. The second-order valence-electron chi connectivity index (χ2n) is 6.21. The summed E-state index contributed by atoms with van der Waals surface area (Å²) in [5.74, 6) is -0.150. The zero-order chi connectivity index (χ0) is 20.3. The molecule has 2 amide bonds. The zero-order valence-electron chi connectivity index (χ0n) is 15.1. The highest BCUT2D eigenvalue weighted by Crippen LogP contribution is 2.26. The summed E-state index contributed by atoms with van der Waals surface area (Å²) in [7, 11) is -4.17. The molecule has 0 N–H and O–H groups in total. The van der Waals surface area contributed by atoms with Gasteiger partial charge in [0.15, 0.2) is 0 Å². The summed E-state index contributed by atoms with van der Waals surface area (Å²) in [5.41, 5.74) is 0.324. The Labute approximate surface area is 162 Å². The Morgan fingerprint density at radius 1 is 1.14 bits per heavy atom.